The lowest BCUT2D eigenvalue weighted by atomic mass is 10.2. The van der Waals surface area contributed by atoms with E-state index in [1.165, 1.54) is 0 Å². The van der Waals surface area contributed by atoms with Gasteiger partial charge in [0.15, 0.2) is 0 Å². The Bertz CT molecular complexity index is 116. The maximum absolute atomic E-state index is 11.1. The molecule has 0 spiro atoms. The van der Waals surface area contributed by atoms with E-state index in [-0.39, 0.29) is 11.8 Å². The van der Waals surface area contributed by atoms with Gasteiger partial charge in [-0.2, -0.15) is 0 Å². The van der Waals surface area contributed by atoms with Crippen LogP contribution >= 0.6 is 22.9 Å². The predicted octanol–water partition coefficient (Wildman–Crippen LogP) is 1.08. The number of hydrogen-bond acceptors (Lipinski definition) is 2. The first-order chi connectivity index (χ1) is 4.59. The molecular formula is C6H12INO2. The number of nitrogens with zero attached hydrogens (tertiary/aromatic N) is 1. The normalized spacial score (nSPS) is 12.8. The van der Waals surface area contributed by atoms with Crippen molar-refractivity contribution in [1.29, 1.82) is 0 Å². The zero-order valence-electron chi connectivity index (χ0n) is 6.43. The Morgan fingerprint density at radius 2 is 2.30 bits per heavy atom. The number of ether oxygens (including phenoxy) is 1. The molecule has 0 aliphatic heterocycles. The lowest BCUT2D eigenvalue weighted by Crippen LogP contribution is -2.26. The van der Waals surface area contributed by atoms with E-state index < -0.39 is 0 Å². The van der Waals surface area contributed by atoms with Crippen LogP contribution in [0.25, 0.3) is 0 Å². The number of halogens is 1. The molecule has 0 saturated carbocycles. The monoisotopic (exact) mass is 257 g/mol. The third-order valence-electron chi connectivity index (χ3n) is 1.14. The van der Waals surface area contributed by atoms with Crippen LogP contribution in [0.1, 0.15) is 6.92 Å². The summed E-state index contributed by atoms with van der Waals surface area (Å²) in [6, 6.07) is 0. The molecule has 4 heteroatoms. The molecule has 10 heavy (non-hydrogen) atoms. The molecule has 0 bridgehead atoms. The van der Waals surface area contributed by atoms with Gasteiger partial charge < -0.3 is 4.74 Å². The Morgan fingerprint density at radius 3 is 2.60 bits per heavy atom. The zero-order chi connectivity index (χ0) is 8.15. The highest BCUT2D eigenvalue weighted by Gasteiger charge is 2.14. The van der Waals surface area contributed by atoms with Crippen molar-refractivity contribution in [3.8, 4) is 0 Å². The van der Waals surface area contributed by atoms with E-state index >= 15 is 0 Å². The third-order valence-corrected chi connectivity index (χ3v) is 1.62. The average Bonchev–Trinajstić information content (AvgIpc) is 1.87. The maximum Gasteiger partial charge on any atom is 0.236 e. The molecule has 0 aromatic heterocycles. The fourth-order valence-electron chi connectivity index (χ4n) is 0.625. The predicted molar refractivity (Wildman–Crippen MR) is 47.8 cm³/mol. The lowest BCUT2D eigenvalue weighted by molar-refractivity contribution is -0.129. The summed E-state index contributed by atoms with van der Waals surface area (Å²) < 4.78 is 6.37. The summed E-state index contributed by atoms with van der Waals surface area (Å²) in [5, 5.41) is 0. The van der Waals surface area contributed by atoms with E-state index in [4.69, 9.17) is 4.74 Å². The van der Waals surface area contributed by atoms with Crippen LogP contribution in [0.15, 0.2) is 0 Å². The Kier molecular flexibility index (Phi) is 4.98. The quantitative estimate of drug-likeness (QED) is 0.559. The minimum atomic E-state index is -0.0353. The van der Waals surface area contributed by atoms with Crippen LogP contribution in [-0.4, -0.2) is 29.8 Å². The van der Waals surface area contributed by atoms with Gasteiger partial charge in [0.05, 0.1) is 35.4 Å². The number of carbonyl (C=O) groups excluding carboxylic acids is 1. The second-order valence-electron chi connectivity index (χ2n) is 2.17. The van der Waals surface area contributed by atoms with Crippen molar-refractivity contribution in [2.24, 2.45) is 5.92 Å². The van der Waals surface area contributed by atoms with Crippen molar-refractivity contribution in [3.05, 3.63) is 0 Å². The molecule has 0 saturated heterocycles. The van der Waals surface area contributed by atoms with Crippen molar-refractivity contribution in [3.63, 3.8) is 0 Å². The molecule has 0 N–H and O–H groups in total. The number of methoxy groups -OCH3 is 1. The first-order valence-corrected chi connectivity index (χ1v) is 3.98. The van der Waals surface area contributed by atoms with E-state index in [0.29, 0.717) is 6.61 Å². The highest BCUT2D eigenvalue weighted by Crippen LogP contribution is 2.04. The molecule has 60 valence electrons. The first kappa shape index (κ1) is 10.2. The minimum absolute atomic E-state index is 0.0353. The van der Waals surface area contributed by atoms with Gasteiger partial charge >= 0.3 is 0 Å². The van der Waals surface area contributed by atoms with Crippen LogP contribution in [0.2, 0.25) is 0 Å². The van der Waals surface area contributed by atoms with Crippen LogP contribution in [0.3, 0.4) is 0 Å². The molecule has 1 amide bonds. The zero-order valence-corrected chi connectivity index (χ0v) is 8.58. The highest BCUT2D eigenvalue weighted by molar-refractivity contribution is 14.1. The summed E-state index contributed by atoms with van der Waals surface area (Å²) in [4.78, 5) is 11.1. The SMILES string of the molecule is COC[C@H](C)C(=O)N(C)I. The van der Waals surface area contributed by atoms with Gasteiger partial charge in [-0.3, -0.25) is 7.91 Å². The van der Waals surface area contributed by atoms with Gasteiger partial charge in [-0.15, -0.1) is 0 Å². The minimum Gasteiger partial charge on any atom is -0.384 e. The molecule has 1 atom stereocenters. The van der Waals surface area contributed by atoms with Crippen molar-refractivity contribution < 1.29 is 9.53 Å². The van der Waals surface area contributed by atoms with Gasteiger partial charge in [-0.05, 0) is 0 Å². The van der Waals surface area contributed by atoms with E-state index in [0.717, 1.165) is 0 Å². The molecule has 0 aromatic carbocycles. The summed E-state index contributed by atoms with van der Waals surface area (Å²) in [6.07, 6.45) is 0. The number of hydrogen-bond donors (Lipinski definition) is 0. The maximum atomic E-state index is 11.1. The molecule has 0 heterocycles. The van der Waals surface area contributed by atoms with Gasteiger partial charge in [0, 0.05) is 14.2 Å². The largest absolute Gasteiger partial charge is 0.384 e. The summed E-state index contributed by atoms with van der Waals surface area (Å²) in [5.41, 5.74) is 0. The van der Waals surface area contributed by atoms with Crippen molar-refractivity contribution in [2.75, 3.05) is 20.8 Å². The van der Waals surface area contributed by atoms with Gasteiger partial charge in [-0.1, -0.05) is 6.92 Å². The molecule has 0 aliphatic carbocycles. The van der Waals surface area contributed by atoms with E-state index in [1.54, 1.807) is 17.3 Å². The van der Waals surface area contributed by atoms with Gasteiger partial charge in [-0.25, -0.2) is 0 Å². The molecule has 0 aromatic rings. The average molecular weight is 257 g/mol. The Morgan fingerprint density at radius 1 is 1.80 bits per heavy atom. The number of carbonyl (C=O) groups is 1. The molecule has 3 nitrogen and oxygen atoms in total. The van der Waals surface area contributed by atoms with Crippen molar-refractivity contribution in [1.82, 2.24) is 3.11 Å². The second-order valence-corrected chi connectivity index (χ2v) is 3.62. The summed E-state index contributed by atoms with van der Waals surface area (Å²) >= 11 is 1.95. The van der Waals surface area contributed by atoms with E-state index in [1.807, 2.05) is 29.8 Å². The second kappa shape index (κ2) is 4.90. The molecule has 0 aliphatic rings. The smallest absolute Gasteiger partial charge is 0.236 e. The van der Waals surface area contributed by atoms with Gasteiger partial charge in [0.2, 0.25) is 5.91 Å². The van der Waals surface area contributed by atoms with Crippen LogP contribution in [0.4, 0.5) is 0 Å². The Labute approximate surface area is 75.2 Å². The lowest BCUT2D eigenvalue weighted by Gasteiger charge is -2.13. The van der Waals surface area contributed by atoms with Crippen LogP contribution in [0.5, 0.6) is 0 Å². The fraction of sp³-hybridized carbons (Fsp3) is 0.833. The summed E-state index contributed by atoms with van der Waals surface area (Å²) in [5.74, 6) is 0.0642. The standard InChI is InChI=1S/C6H12INO2/c1-5(4-10-3)6(9)8(2)7/h5H,4H2,1-3H3/t5-/m0/s1. The first-order valence-electron chi connectivity index (χ1n) is 3.02. The molecule has 0 rings (SSSR count). The highest BCUT2D eigenvalue weighted by atomic mass is 127. The number of amides is 1. The Balaban J connectivity index is 3.71. The van der Waals surface area contributed by atoms with Gasteiger partial charge in [0.25, 0.3) is 0 Å². The van der Waals surface area contributed by atoms with E-state index in [2.05, 4.69) is 0 Å². The summed E-state index contributed by atoms with van der Waals surface area (Å²) in [7, 11) is 3.33. The Hall–Kier alpha value is 0.160. The van der Waals surface area contributed by atoms with Crippen molar-refractivity contribution >= 4 is 28.8 Å². The summed E-state index contributed by atoms with van der Waals surface area (Å²) in [6.45, 7) is 2.34. The number of rotatable bonds is 3. The third kappa shape index (κ3) is 3.36. The molecule has 0 fully saturated rings. The van der Waals surface area contributed by atoms with Gasteiger partial charge in [0.1, 0.15) is 0 Å². The van der Waals surface area contributed by atoms with Crippen LogP contribution in [-0.2, 0) is 9.53 Å². The fourth-order valence-corrected chi connectivity index (χ4v) is 1.10. The van der Waals surface area contributed by atoms with Crippen LogP contribution < -0.4 is 0 Å². The molecule has 0 unspecified atom stereocenters. The molecular weight excluding hydrogens is 245 g/mol. The topological polar surface area (TPSA) is 29.5 Å². The van der Waals surface area contributed by atoms with Crippen LogP contribution in [0, 0.1) is 5.92 Å². The van der Waals surface area contributed by atoms with E-state index in [9.17, 15) is 4.79 Å². The molecule has 0 radical (unpaired) electrons. The van der Waals surface area contributed by atoms with Crippen molar-refractivity contribution in [2.45, 2.75) is 6.92 Å².